The average Bonchev–Trinajstić information content (AvgIpc) is 3.27. The largest absolute Gasteiger partial charge is 0.455 e. The second-order valence-electron chi connectivity index (χ2n) is 9.02. The quantitative estimate of drug-likeness (QED) is 0.294. The zero-order valence-corrected chi connectivity index (χ0v) is 21.3. The van der Waals surface area contributed by atoms with Crippen LogP contribution in [-0.4, -0.2) is 40.9 Å². The average molecular weight is 467 g/mol. The third-order valence-electron chi connectivity index (χ3n) is 5.37. The highest BCUT2D eigenvalue weighted by atomic mass is 32.2. The molecule has 3 rings (SSSR count). The number of anilines is 1. The number of carbonyl (C=O) groups is 1. The fourth-order valence-electron chi connectivity index (χ4n) is 3.39. The van der Waals surface area contributed by atoms with Crippen LogP contribution in [0.25, 0.3) is 0 Å². The molecule has 0 aliphatic heterocycles. The molecule has 176 valence electrons. The second-order valence-corrected chi connectivity index (χ2v) is 9.96. The van der Waals surface area contributed by atoms with Crippen molar-refractivity contribution in [1.82, 2.24) is 14.9 Å². The first-order chi connectivity index (χ1) is 15.7. The lowest BCUT2D eigenvalue weighted by atomic mass is 9.92. The molecule has 0 fully saturated rings. The van der Waals surface area contributed by atoms with E-state index in [2.05, 4.69) is 45.6 Å². The summed E-state index contributed by atoms with van der Waals surface area (Å²) in [6.45, 7) is 13.1. The first kappa shape index (κ1) is 24.8. The molecule has 1 aromatic carbocycles. The molecule has 33 heavy (non-hydrogen) atoms. The lowest BCUT2D eigenvalue weighted by molar-refractivity contribution is 0.0752. The van der Waals surface area contributed by atoms with Crippen LogP contribution in [0.4, 0.5) is 5.82 Å². The van der Waals surface area contributed by atoms with Gasteiger partial charge in [-0.3, -0.25) is 4.79 Å². The molecule has 0 saturated carbocycles. The zero-order chi connectivity index (χ0) is 24.0. The van der Waals surface area contributed by atoms with Crippen molar-refractivity contribution in [2.45, 2.75) is 57.5 Å². The van der Waals surface area contributed by atoms with Gasteiger partial charge in [-0.15, -0.1) is 0 Å². The molecule has 0 N–H and O–H groups in total. The van der Waals surface area contributed by atoms with E-state index in [-0.39, 0.29) is 11.3 Å². The minimum absolute atomic E-state index is 0.0756. The van der Waals surface area contributed by atoms with E-state index in [4.69, 9.17) is 14.4 Å². The molecule has 2 heterocycles. The molecule has 0 unspecified atom stereocenters. The van der Waals surface area contributed by atoms with Gasteiger partial charge in [-0.1, -0.05) is 62.9 Å². The van der Waals surface area contributed by atoms with Crippen LogP contribution in [0, 0.1) is 0 Å². The summed E-state index contributed by atoms with van der Waals surface area (Å²) in [4.78, 5) is 26.2. The van der Waals surface area contributed by atoms with Crippen LogP contribution >= 0.6 is 11.8 Å². The fourth-order valence-corrected chi connectivity index (χ4v) is 4.14. The normalized spacial score (nSPS) is 11.5. The molecule has 2 aromatic heterocycles. The smallest absolute Gasteiger partial charge is 0.289 e. The van der Waals surface area contributed by atoms with Crippen molar-refractivity contribution in [3.05, 3.63) is 71.3 Å². The van der Waals surface area contributed by atoms with Crippen LogP contribution in [0.15, 0.2) is 58.1 Å². The maximum atomic E-state index is 12.8. The van der Waals surface area contributed by atoms with E-state index in [1.54, 1.807) is 18.0 Å². The molecule has 0 bridgehead atoms. The van der Waals surface area contributed by atoms with E-state index in [0.717, 1.165) is 41.1 Å². The van der Waals surface area contributed by atoms with E-state index in [1.165, 1.54) is 11.8 Å². The van der Waals surface area contributed by atoms with Gasteiger partial charge < -0.3 is 14.2 Å². The molecule has 3 aromatic rings. The van der Waals surface area contributed by atoms with Crippen molar-refractivity contribution < 1.29 is 9.21 Å². The monoisotopic (exact) mass is 466 g/mol. The van der Waals surface area contributed by atoms with Crippen LogP contribution in [0.3, 0.4) is 0 Å². The van der Waals surface area contributed by atoms with Crippen molar-refractivity contribution in [3.8, 4) is 0 Å². The van der Waals surface area contributed by atoms with Gasteiger partial charge in [0.1, 0.15) is 11.6 Å². The van der Waals surface area contributed by atoms with E-state index >= 15 is 0 Å². The van der Waals surface area contributed by atoms with Crippen molar-refractivity contribution >= 4 is 23.5 Å². The minimum atomic E-state index is -0.134. The van der Waals surface area contributed by atoms with E-state index < -0.39 is 0 Å². The summed E-state index contributed by atoms with van der Waals surface area (Å²) < 4.78 is 5.87. The molecule has 0 radical (unpaired) electrons. The van der Waals surface area contributed by atoms with Crippen molar-refractivity contribution in [2.24, 2.45) is 0 Å². The van der Waals surface area contributed by atoms with Gasteiger partial charge in [0.25, 0.3) is 5.91 Å². The SMILES string of the molecule is CCN(CC)c1cc(C(C)(C)C)nc(SCc2ccc(C(=O)N(C)Cc3ccccc3)o2)n1. The summed E-state index contributed by atoms with van der Waals surface area (Å²) in [5.41, 5.74) is 2.02. The molecule has 0 aliphatic rings. The maximum Gasteiger partial charge on any atom is 0.289 e. The Kier molecular flexibility index (Phi) is 8.19. The highest BCUT2D eigenvalue weighted by Gasteiger charge is 2.21. The Balaban J connectivity index is 1.70. The van der Waals surface area contributed by atoms with Gasteiger partial charge in [0.15, 0.2) is 10.9 Å². The minimum Gasteiger partial charge on any atom is -0.455 e. The van der Waals surface area contributed by atoms with Gasteiger partial charge in [-0.05, 0) is 31.5 Å². The highest BCUT2D eigenvalue weighted by molar-refractivity contribution is 7.98. The van der Waals surface area contributed by atoms with Crippen LogP contribution < -0.4 is 4.90 Å². The summed E-state index contributed by atoms with van der Waals surface area (Å²) in [5.74, 6) is 2.44. The third kappa shape index (κ3) is 6.60. The van der Waals surface area contributed by atoms with Crippen LogP contribution in [0.2, 0.25) is 0 Å². The topological polar surface area (TPSA) is 62.5 Å². The first-order valence-electron chi connectivity index (χ1n) is 11.4. The second kappa shape index (κ2) is 10.9. The molecule has 0 atom stereocenters. The van der Waals surface area contributed by atoms with E-state index in [0.29, 0.717) is 18.1 Å². The highest BCUT2D eigenvalue weighted by Crippen LogP contribution is 2.29. The predicted octanol–water partition coefficient (Wildman–Crippen LogP) is 5.78. The number of furan rings is 1. The number of amides is 1. The van der Waals surface area contributed by atoms with Gasteiger partial charge >= 0.3 is 0 Å². The van der Waals surface area contributed by atoms with Gasteiger partial charge in [0.2, 0.25) is 0 Å². The Labute approximate surface area is 201 Å². The molecule has 0 aliphatic carbocycles. The van der Waals surface area contributed by atoms with E-state index in [9.17, 15) is 4.79 Å². The fraction of sp³-hybridized carbons (Fsp3) is 0.423. The zero-order valence-electron chi connectivity index (χ0n) is 20.5. The number of carbonyl (C=O) groups excluding carboxylic acids is 1. The standard InChI is InChI=1S/C26H34N4O2S/c1-7-30(8-2)23-16-22(26(3,4)5)27-25(28-23)33-18-20-14-15-21(32-20)24(31)29(6)17-19-12-10-9-11-13-19/h9-16H,7-8,17-18H2,1-6H3. The predicted molar refractivity (Wildman–Crippen MR) is 135 cm³/mol. The van der Waals surface area contributed by atoms with Gasteiger partial charge in [-0.25, -0.2) is 9.97 Å². The van der Waals surface area contributed by atoms with Crippen molar-refractivity contribution in [2.75, 3.05) is 25.0 Å². The summed E-state index contributed by atoms with van der Waals surface area (Å²) in [6.07, 6.45) is 0. The van der Waals surface area contributed by atoms with Crippen molar-refractivity contribution in [1.29, 1.82) is 0 Å². The number of hydrogen-bond donors (Lipinski definition) is 0. The maximum absolute atomic E-state index is 12.8. The number of aromatic nitrogens is 2. The van der Waals surface area contributed by atoms with Crippen molar-refractivity contribution in [3.63, 3.8) is 0 Å². The Morgan fingerprint density at radius 3 is 2.36 bits per heavy atom. The molecule has 0 saturated heterocycles. The molecule has 0 spiro atoms. The van der Waals surface area contributed by atoms with Gasteiger partial charge in [-0.2, -0.15) is 0 Å². The molecule has 1 amide bonds. The lowest BCUT2D eigenvalue weighted by Crippen LogP contribution is -2.25. The van der Waals surface area contributed by atoms with Gasteiger partial charge in [0, 0.05) is 38.2 Å². The first-order valence-corrected chi connectivity index (χ1v) is 12.3. The molecular weight excluding hydrogens is 432 g/mol. The number of thioether (sulfide) groups is 1. The number of benzene rings is 1. The number of hydrogen-bond acceptors (Lipinski definition) is 6. The van der Waals surface area contributed by atoms with Gasteiger partial charge in [0.05, 0.1) is 11.4 Å². The third-order valence-corrected chi connectivity index (χ3v) is 6.24. The molecule has 7 heteroatoms. The van der Waals surface area contributed by atoms with E-state index in [1.807, 2.05) is 36.4 Å². The number of nitrogens with zero attached hydrogens (tertiary/aromatic N) is 4. The van der Waals surface area contributed by atoms with Crippen LogP contribution in [-0.2, 0) is 17.7 Å². The van der Waals surface area contributed by atoms with Crippen LogP contribution in [0.1, 0.15) is 62.2 Å². The Morgan fingerprint density at radius 2 is 1.73 bits per heavy atom. The molecule has 6 nitrogen and oxygen atoms in total. The summed E-state index contributed by atoms with van der Waals surface area (Å²) in [6, 6.07) is 15.6. The molecular formula is C26H34N4O2S. The number of rotatable bonds is 9. The summed E-state index contributed by atoms with van der Waals surface area (Å²) in [5, 5.41) is 0.717. The summed E-state index contributed by atoms with van der Waals surface area (Å²) >= 11 is 1.52. The summed E-state index contributed by atoms with van der Waals surface area (Å²) in [7, 11) is 1.78. The Bertz CT molecular complexity index is 1060. The Morgan fingerprint density at radius 1 is 1.03 bits per heavy atom. The van der Waals surface area contributed by atoms with Crippen LogP contribution in [0.5, 0.6) is 0 Å². The lowest BCUT2D eigenvalue weighted by Gasteiger charge is -2.24. The Hall–Kier alpha value is -2.80.